The van der Waals surface area contributed by atoms with Gasteiger partial charge in [-0.15, -0.1) is 0 Å². The number of nitrogens with zero attached hydrogens (tertiary/aromatic N) is 1. The molecule has 2 N–H and O–H groups in total. The molecule has 1 aromatic carbocycles. The molecule has 110 valence electrons. The van der Waals surface area contributed by atoms with Gasteiger partial charge in [-0.25, -0.2) is 9.18 Å². The highest BCUT2D eigenvalue weighted by molar-refractivity contribution is 5.67. The number of aromatic amines is 1. The van der Waals surface area contributed by atoms with Gasteiger partial charge in [0.25, 0.3) is 5.56 Å². The van der Waals surface area contributed by atoms with Crippen molar-refractivity contribution in [1.82, 2.24) is 9.55 Å². The fourth-order valence-corrected chi connectivity index (χ4v) is 1.91. The van der Waals surface area contributed by atoms with Gasteiger partial charge in [-0.05, 0) is 19.9 Å². The lowest BCUT2D eigenvalue weighted by molar-refractivity contribution is 0.412. The molecule has 1 heterocycles. The summed E-state index contributed by atoms with van der Waals surface area (Å²) in [5, 5.41) is 10.2. The van der Waals surface area contributed by atoms with Crippen molar-refractivity contribution >= 4 is 0 Å². The number of nitrogens with one attached hydrogen (secondary N) is 1. The van der Waals surface area contributed by atoms with Gasteiger partial charge in [0, 0.05) is 12.1 Å². The van der Waals surface area contributed by atoms with Crippen molar-refractivity contribution in [2.24, 2.45) is 0 Å². The molecule has 5 nitrogen and oxygen atoms in total. The number of halogens is 1. The zero-order chi connectivity index (χ0) is 15.6. The van der Waals surface area contributed by atoms with Gasteiger partial charge in [0.15, 0.2) is 0 Å². The average Bonchev–Trinajstić information content (AvgIpc) is 2.40. The van der Waals surface area contributed by atoms with E-state index in [1.165, 1.54) is 18.2 Å². The monoisotopic (exact) mass is 290 g/mol. The summed E-state index contributed by atoms with van der Waals surface area (Å²) in [7, 11) is 0. The topological polar surface area (TPSA) is 75.1 Å². The fraction of sp³-hybridized carbons (Fsp3) is 0.200. The van der Waals surface area contributed by atoms with Crippen LogP contribution in [-0.4, -0.2) is 14.7 Å². The second-order valence-electron chi connectivity index (χ2n) is 4.83. The summed E-state index contributed by atoms with van der Waals surface area (Å²) in [6.45, 7) is 3.77. The number of allylic oxidation sites excluding steroid dienone is 2. The Morgan fingerprint density at radius 2 is 2.00 bits per heavy atom. The summed E-state index contributed by atoms with van der Waals surface area (Å²) in [5.74, 6) is -1.20. The molecule has 0 bridgehead atoms. The van der Waals surface area contributed by atoms with Gasteiger partial charge < -0.3 is 5.11 Å². The van der Waals surface area contributed by atoms with E-state index in [2.05, 4.69) is 4.98 Å². The Morgan fingerprint density at radius 3 is 2.62 bits per heavy atom. The van der Waals surface area contributed by atoms with Gasteiger partial charge in [-0.3, -0.25) is 14.3 Å². The Bertz CT molecular complexity index is 814. The molecule has 6 heteroatoms. The largest absolute Gasteiger partial charge is 0.494 e. The van der Waals surface area contributed by atoms with Crippen LogP contribution < -0.4 is 11.2 Å². The second-order valence-corrected chi connectivity index (χ2v) is 4.83. The lowest BCUT2D eigenvalue weighted by Gasteiger charge is -2.10. The summed E-state index contributed by atoms with van der Waals surface area (Å²) in [6, 6.07) is 5.57. The van der Waals surface area contributed by atoms with E-state index in [0.29, 0.717) is 0 Å². The predicted octanol–water partition coefficient (Wildman–Crippen LogP) is 2.01. The molecule has 0 radical (unpaired) electrons. The van der Waals surface area contributed by atoms with E-state index >= 15 is 0 Å². The van der Waals surface area contributed by atoms with Gasteiger partial charge in [0.1, 0.15) is 11.4 Å². The van der Waals surface area contributed by atoms with E-state index < -0.39 is 22.9 Å². The minimum Gasteiger partial charge on any atom is -0.494 e. The van der Waals surface area contributed by atoms with Gasteiger partial charge in [-0.1, -0.05) is 29.8 Å². The molecule has 0 aliphatic carbocycles. The molecule has 0 spiro atoms. The molecule has 0 amide bonds. The first-order chi connectivity index (χ1) is 9.91. The van der Waals surface area contributed by atoms with Gasteiger partial charge in [0.05, 0.1) is 0 Å². The second kappa shape index (κ2) is 5.78. The Balaban J connectivity index is 2.71. The van der Waals surface area contributed by atoms with Crippen LogP contribution in [0, 0.1) is 5.82 Å². The van der Waals surface area contributed by atoms with Crippen LogP contribution in [0.3, 0.4) is 0 Å². The maximum atomic E-state index is 13.8. The van der Waals surface area contributed by atoms with Crippen LogP contribution in [0.1, 0.15) is 13.8 Å². The molecule has 0 fully saturated rings. The van der Waals surface area contributed by atoms with Crippen LogP contribution >= 0.6 is 0 Å². The number of benzene rings is 1. The summed E-state index contributed by atoms with van der Waals surface area (Å²) in [6.07, 6.45) is 1.71. The first kappa shape index (κ1) is 14.8. The molecule has 0 saturated carbocycles. The number of aromatic nitrogens is 2. The third kappa shape index (κ3) is 2.94. The number of hydrogen-bond acceptors (Lipinski definition) is 3. The maximum Gasteiger partial charge on any atom is 0.331 e. The molecule has 21 heavy (non-hydrogen) atoms. The van der Waals surface area contributed by atoms with Crippen LogP contribution in [0.15, 0.2) is 45.5 Å². The summed E-state index contributed by atoms with van der Waals surface area (Å²) < 4.78 is 14.8. The first-order valence-electron chi connectivity index (χ1n) is 6.36. The lowest BCUT2D eigenvalue weighted by atomic mass is 10.1. The Labute approximate surface area is 120 Å². The third-order valence-electron chi connectivity index (χ3n) is 3.00. The average molecular weight is 290 g/mol. The summed E-state index contributed by atoms with van der Waals surface area (Å²) >= 11 is 0. The Hall–Kier alpha value is -2.63. The number of hydrogen-bond donors (Lipinski definition) is 2. The normalized spacial score (nSPS) is 10.4. The van der Waals surface area contributed by atoms with Crippen molar-refractivity contribution in [3.05, 3.63) is 62.6 Å². The smallest absolute Gasteiger partial charge is 0.331 e. The van der Waals surface area contributed by atoms with Crippen molar-refractivity contribution in [3.8, 4) is 17.0 Å². The van der Waals surface area contributed by atoms with Crippen molar-refractivity contribution in [2.45, 2.75) is 20.4 Å². The molecule has 0 unspecified atom stereocenters. The standard InChI is InChI=1S/C15H15FN2O3/c1-9(2)7-8-18-14(20)12(13(19)17-15(18)21)10-5-3-4-6-11(10)16/h3-7,20H,8H2,1-2H3,(H,17,19,21). The maximum absolute atomic E-state index is 13.8. The van der Waals surface area contributed by atoms with E-state index in [9.17, 15) is 19.1 Å². The van der Waals surface area contributed by atoms with Crippen LogP contribution in [0.5, 0.6) is 5.88 Å². The van der Waals surface area contributed by atoms with Crippen LogP contribution in [-0.2, 0) is 6.54 Å². The minimum atomic E-state index is -0.823. The number of rotatable bonds is 3. The molecular weight excluding hydrogens is 275 g/mol. The highest BCUT2D eigenvalue weighted by atomic mass is 19.1. The number of H-pyrrole nitrogens is 1. The zero-order valence-electron chi connectivity index (χ0n) is 11.7. The Morgan fingerprint density at radius 1 is 1.33 bits per heavy atom. The third-order valence-corrected chi connectivity index (χ3v) is 3.00. The van der Waals surface area contributed by atoms with Crippen LogP contribution in [0.2, 0.25) is 0 Å². The SMILES string of the molecule is CC(C)=CCn1c(O)c(-c2ccccc2F)c(=O)[nH]c1=O. The van der Waals surface area contributed by atoms with Crippen molar-refractivity contribution in [1.29, 1.82) is 0 Å². The van der Waals surface area contributed by atoms with E-state index in [0.717, 1.165) is 10.1 Å². The van der Waals surface area contributed by atoms with Gasteiger partial charge >= 0.3 is 5.69 Å². The first-order valence-corrected chi connectivity index (χ1v) is 6.36. The van der Waals surface area contributed by atoms with Crippen molar-refractivity contribution < 1.29 is 9.50 Å². The summed E-state index contributed by atoms with van der Waals surface area (Å²) in [5.41, 5.74) is -0.928. The minimum absolute atomic E-state index is 0.0535. The van der Waals surface area contributed by atoms with E-state index in [4.69, 9.17) is 0 Å². The van der Waals surface area contributed by atoms with Crippen molar-refractivity contribution in [3.63, 3.8) is 0 Å². The molecular formula is C15H15FN2O3. The number of aromatic hydroxyl groups is 1. The highest BCUT2D eigenvalue weighted by Gasteiger charge is 2.18. The molecule has 2 aromatic rings. The molecule has 0 aliphatic rings. The fourth-order valence-electron chi connectivity index (χ4n) is 1.91. The van der Waals surface area contributed by atoms with E-state index in [-0.39, 0.29) is 17.7 Å². The van der Waals surface area contributed by atoms with E-state index in [1.807, 2.05) is 13.8 Å². The lowest BCUT2D eigenvalue weighted by Crippen LogP contribution is -2.30. The zero-order valence-corrected chi connectivity index (χ0v) is 11.7. The van der Waals surface area contributed by atoms with Gasteiger partial charge in [0.2, 0.25) is 5.88 Å². The highest BCUT2D eigenvalue weighted by Crippen LogP contribution is 2.26. The quantitative estimate of drug-likeness (QED) is 0.849. The Kier molecular flexibility index (Phi) is 4.07. The molecule has 1 aromatic heterocycles. The summed E-state index contributed by atoms with van der Waals surface area (Å²) in [4.78, 5) is 25.8. The molecule has 0 aliphatic heterocycles. The van der Waals surface area contributed by atoms with Crippen molar-refractivity contribution in [2.75, 3.05) is 0 Å². The van der Waals surface area contributed by atoms with Crippen LogP contribution in [0.4, 0.5) is 4.39 Å². The molecule has 2 rings (SSSR count). The molecule has 0 atom stereocenters. The van der Waals surface area contributed by atoms with Crippen LogP contribution in [0.25, 0.3) is 11.1 Å². The van der Waals surface area contributed by atoms with Gasteiger partial charge in [-0.2, -0.15) is 0 Å². The predicted molar refractivity (Wildman–Crippen MR) is 77.8 cm³/mol. The molecule has 0 saturated heterocycles. The van der Waals surface area contributed by atoms with E-state index in [1.54, 1.807) is 12.1 Å².